The fraction of sp³-hybridized carbons (Fsp3) is 0.312. The highest BCUT2D eigenvalue weighted by Gasteiger charge is 2.13. The Bertz CT molecular complexity index is 631. The van der Waals surface area contributed by atoms with Gasteiger partial charge in [0, 0.05) is 17.2 Å². The molecule has 1 heteroatoms. The van der Waals surface area contributed by atoms with E-state index < -0.39 is 0 Å². The van der Waals surface area contributed by atoms with E-state index in [1.54, 1.807) is 0 Å². The highest BCUT2D eigenvalue weighted by molar-refractivity contribution is 5.62. The number of pyridine rings is 1. The molecule has 2 rings (SSSR count). The van der Waals surface area contributed by atoms with E-state index in [0.717, 1.165) is 27.9 Å². The first kappa shape index (κ1) is 9.41. The van der Waals surface area contributed by atoms with E-state index >= 15 is 0 Å². The van der Waals surface area contributed by atoms with Gasteiger partial charge in [-0.3, -0.25) is 0 Å². The Hall–Kier alpha value is -1.63. The van der Waals surface area contributed by atoms with Gasteiger partial charge in [0.05, 0.1) is 1.37 Å². The van der Waals surface area contributed by atoms with Crippen molar-refractivity contribution in [1.82, 2.24) is 0 Å². The normalized spacial score (nSPS) is 12.3. The van der Waals surface area contributed by atoms with Gasteiger partial charge < -0.3 is 0 Å². The Balaban J connectivity index is 2.83. The summed E-state index contributed by atoms with van der Waals surface area (Å²) in [6.07, 6.45) is 0.475. The maximum atomic E-state index is 8.36. The molecule has 88 valence electrons. The van der Waals surface area contributed by atoms with Gasteiger partial charge in [-0.25, -0.2) is 4.57 Å². The largest absolute Gasteiger partial charge is 0.212 e. The summed E-state index contributed by atoms with van der Waals surface area (Å²) in [7, 11) is 1.86. The first-order valence-corrected chi connectivity index (χ1v) is 5.88. The molecule has 0 aliphatic carbocycles. The summed E-state index contributed by atoms with van der Waals surface area (Å²) >= 11 is 0. The van der Waals surface area contributed by atoms with E-state index in [1.165, 1.54) is 5.56 Å². The molecule has 0 unspecified atom stereocenters. The third kappa shape index (κ3) is 2.23. The summed E-state index contributed by atoms with van der Waals surface area (Å²) in [6.45, 7) is 7.94. The van der Waals surface area contributed by atoms with Crippen molar-refractivity contribution < 1.29 is 7.31 Å². The van der Waals surface area contributed by atoms with Crippen LogP contribution in [-0.2, 0) is 7.05 Å². The second kappa shape index (κ2) is 4.33. The lowest BCUT2D eigenvalue weighted by atomic mass is 10.0. The van der Waals surface area contributed by atoms with E-state index in [2.05, 4.69) is 26.0 Å². The molecule has 0 spiro atoms. The molecule has 0 fully saturated rings. The number of hydrogen-bond acceptors (Lipinski definition) is 0. The van der Waals surface area contributed by atoms with E-state index in [0.29, 0.717) is 12.2 Å². The molecule has 1 aromatic carbocycles. The molecule has 0 atom stereocenters. The number of nitrogens with zero attached hydrogens (tertiary/aromatic N) is 1. The van der Waals surface area contributed by atoms with Crippen molar-refractivity contribution in [3.63, 3.8) is 0 Å². The average molecular weight is 228 g/mol. The highest BCUT2D eigenvalue weighted by atomic mass is 14.9. The molecule has 17 heavy (non-hydrogen) atoms. The molecule has 0 saturated carbocycles. The summed E-state index contributed by atoms with van der Waals surface area (Å²) in [4.78, 5) is 0. The SMILES string of the molecule is [2H]c1c(C)c(C)c([2H])[n+](C)c1-c1ccc(C)cc1C. The summed E-state index contributed by atoms with van der Waals surface area (Å²) in [5.41, 5.74) is 5.98. The van der Waals surface area contributed by atoms with Crippen LogP contribution in [-0.4, -0.2) is 0 Å². The van der Waals surface area contributed by atoms with Crippen molar-refractivity contribution in [3.05, 3.63) is 52.7 Å². The highest BCUT2D eigenvalue weighted by Crippen LogP contribution is 2.22. The van der Waals surface area contributed by atoms with Gasteiger partial charge in [-0.15, -0.1) is 0 Å². The van der Waals surface area contributed by atoms with Crippen molar-refractivity contribution in [2.75, 3.05) is 0 Å². The third-order valence-corrected chi connectivity index (χ3v) is 3.18. The van der Waals surface area contributed by atoms with Crippen LogP contribution in [0.1, 0.15) is 25.0 Å². The minimum atomic E-state index is 0.475. The van der Waals surface area contributed by atoms with Gasteiger partial charge in [-0.2, -0.15) is 0 Å². The standard InChI is InChI=1S/C16H20N/c1-11-6-7-15(13(3)8-11)16-9-12(2)14(4)10-17(16)5/h6-10H,1-5H3/q+1/i9D,10D. The zero-order valence-electron chi connectivity index (χ0n) is 13.2. The number of aryl methyl sites for hydroxylation is 2. The lowest BCUT2D eigenvalue weighted by molar-refractivity contribution is -0.660. The molecular formula is C16H20N+. The fourth-order valence-corrected chi connectivity index (χ4v) is 2.07. The van der Waals surface area contributed by atoms with Crippen molar-refractivity contribution in [2.24, 2.45) is 7.05 Å². The molecule has 0 N–H and O–H groups in total. The summed E-state index contributed by atoms with van der Waals surface area (Å²) in [5.74, 6) is 0. The number of hydrogen-bond donors (Lipinski definition) is 0. The summed E-state index contributed by atoms with van der Waals surface area (Å²) < 4.78 is 18.3. The van der Waals surface area contributed by atoms with Gasteiger partial charge in [0.15, 0.2) is 6.17 Å². The molecule has 0 saturated heterocycles. The maximum absolute atomic E-state index is 8.36. The molecule has 0 aliphatic rings. The van der Waals surface area contributed by atoms with Crippen LogP contribution >= 0.6 is 0 Å². The van der Waals surface area contributed by atoms with Crippen LogP contribution in [0, 0.1) is 27.7 Å². The maximum Gasteiger partial charge on any atom is 0.212 e. The van der Waals surface area contributed by atoms with Crippen molar-refractivity contribution in [3.8, 4) is 11.3 Å². The first-order valence-electron chi connectivity index (χ1n) is 6.88. The van der Waals surface area contributed by atoms with Crippen LogP contribution in [0.15, 0.2) is 30.4 Å². The van der Waals surface area contributed by atoms with Crippen LogP contribution in [0.5, 0.6) is 0 Å². The Morgan fingerprint density at radius 2 is 1.71 bits per heavy atom. The van der Waals surface area contributed by atoms with E-state index in [4.69, 9.17) is 2.74 Å². The summed E-state index contributed by atoms with van der Waals surface area (Å²) in [5, 5.41) is 0. The molecule has 1 aromatic heterocycles. The zero-order chi connectivity index (χ0) is 14.3. The van der Waals surface area contributed by atoms with Crippen LogP contribution in [0.3, 0.4) is 0 Å². The Morgan fingerprint density at radius 3 is 2.35 bits per heavy atom. The Kier molecular flexibility index (Phi) is 2.39. The molecule has 0 amide bonds. The topological polar surface area (TPSA) is 3.88 Å². The molecule has 2 aromatic rings. The predicted molar refractivity (Wildman–Crippen MR) is 72.0 cm³/mol. The second-order valence-electron chi connectivity index (χ2n) is 4.71. The molecule has 1 nitrogen and oxygen atoms in total. The molecule has 0 radical (unpaired) electrons. The van der Waals surface area contributed by atoms with E-state index in [-0.39, 0.29) is 0 Å². The minimum absolute atomic E-state index is 0.475. The van der Waals surface area contributed by atoms with Gasteiger partial charge in [-0.1, -0.05) is 17.7 Å². The number of aromatic nitrogens is 1. The molecule has 1 heterocycles. The van der Waals surface area contributed by atoms with Crippen LogP contribution in [0.2, 0.25) is 0 Å². The average Bonchev–Trinajstić information content (AvgIpc) is 2.37. The minimum Gasteiger partial charge on any atom is -0.201 e. The monoisotopic (exact) mass is 228 g/mol. The van der Waals surface area contributed by atoms with Gasteiger partial charge in [-0.05, 0) is 44.9 Å². The fourth-order valence-electron chi connectivity index (χ4n) is 2.07. The van der Waals surface area contributed by atoms with Crippen molar-refractivity contribution >= 4 is 0 Å². The quantitative estimate of drug-likeness (QED) is 0.659. The van der Waals surface area contributed by atoms with Gasteiger partial charge in [0.1, 0.15) is 8.42 Å². The van der Waals surface area contributed by atoms with Crippen molar-refractivity contribution in [2.45, 2.75) is 27.7 Å². The van der Waals surface area contributed by atoms with Crippen LogP contribution in [0.4, 0.5) is 0 Å². The number of rotatable bonds is 1. The van der Waals surface area contributed by atoms with E-state index in [9.17, 15) is 0 Å². The number of benzene rings is 1. The second-order valence-corrected chi connectivity index (χ2v) is 4.71. The van der Waals surface area contributed by atoms with Gasteiger partial charge in [0.25, 0.3) is 0 Å². The lowest BCUT2D eigenvalue weighted by Crippen LogP contribution is -2.31. The molecule has 0 bridgehead atoms. The molecule has 0 aliphatic heterocycles. The van der Waals surface area contributed by atoms with Gasteiger partial charge in [0.2, 0.25) is 5.69 Å². The van der Waals surface area contributed by atoms with Crippen LogP contribution in [0.25, 0.3) is 11.3 Å². The van der Waals surface area contributed by atoms with Gasteiger partial charge >= 0.3 is 0 Å². The summed E-state index contributed by atoms with van der Waals surface area (Å²) in [6, 6.07) is 6.74. The third-order valence-electron chi connectivity index (χ3n) is 3.18. The first-order chi connectivity index (χ1) is 8.84. The Labute approximate surface area is 107 Å². The lowest BCUT2D eigenvalue weighted by Gasteiger charge is -2.07. The smallest absolute Gasteiger partial charge is 0.201 e. The molecular weight excluding hydrogens is 206 g/mol. The van der Waals surface area contributed by atoms with E-state index in [1.807, 2.05) is 31.5 Å². The van der Waals surface area contributed by atoms with Crippen molar-refractivity contribution in [1.29, 1.82) is 0 Å². The predicted octanol–water partition coefficient (Wildman–Crippen LogP) is 3.41. The van der Waals surface area contributed by atoms with Crippen LogP contribution < -0.4 is 4.57 Å². The Morgan fingerprint density at radius 1 is 1.00 bits per heavy atom. The zero-order valence-corrected chi connectivity index (χ0v) is 11.2.